The number of carbonyl (C=O) groups is 1. The average molecular weight is 306 g/mol. The number of rotatable bonds is 7. The van der Waals surface area contributed by atoms with Crippen molar-refractivity contribution in [3.63, 3.8) is 0 Å². The van der Waals surface area contributed by atoms with Crippen LogP contribution >= 0.6 is 0 Å². The number of ether oxygens (including phenoxy) is 1. The van der Waals surface area contributed by atoms with Gasteiger partial charge in [-0.25, -0.2) is 4.98 Å². The number of anilines is 1. The van der Waals surface area contributed by atoms with Crippen LogP contribution in [0.3, 0.4) is 0 Å². The molecule has 0 atom stereocenters. The summed E-state index contributed by atoms with van der Waals surface area (Å²) in [6.45, 7) is 5.26. The molecule has 8 heteroatoms. The van der Waals surface area contributed by atoms with E-state index in [9.17, 15) is 4.79 Å². The molecule has 2 aromatic heterocycles. The Morgan fingerprint density at radius 3 is 2.82 bits per heavy atom. The van der Waals surface area contributed by atoms with Crippen molar-refractivity contribution in [2.45, 2.75) is 32.7 Å². The highest BCUT2D eigenvalue weighted by Crippen LogP contribution is 2.10. The molecule has 0 unspecified atom stereocenters. The lowest BCUT2D eigenvalue weighted by Gasteiger charge is -2.02. The highest BCUT2D eigenvalue weighted by atomic mass is 16.5. The highest BCUT2D eigenvalue weighted by Gasteiger charge is 2.14. The van der Waals surface area contributed by atoms with Crippen molar-refractivity contribution in [2.24, 2.45) is 7.05 Å². The third-order valence-electron chi connectivity index (χ3n) is 3.14. The van der Waals surface area contributed by atoms with E-state index >= 15 is 0 Å². The normalized spacial score (nSPS) is 11.1. The largest absolute Gasteiger partial charge is 0.383 e. The fourth-order valence-corrected chi connectivity index (χ4v) is 1.91. The van der Waals surface area contributed by atoms with Crippen LogP contribution in [0.5, 0.6) is 0 Å². The van der Waals surface area contributed by atoms with Crippen LogP contribution in [0.15, 0.2) is 12.3 Å². The summed E-state index contributed by atoms with van der Waals surface area (Å²) >= 11 is 0. The first-order chi connectivity index (χ1) is 10.5. The SMILES string of the molecule is COCCn1ccc(NC(=O)Cc2nc(C(C)C)nn2C)n1. The van der Waals surface area contributed by atoms with E-state index in [-0.39, 0.29) is 18.2 Å². The van der Waals surface area contributed by atoms with Gasteiger partial charge in [0.05, 0.1) is 19.6 Å². The maximum atomic E-state index is 12.1. The van der Waals surface area contributed by atoms with E-state index in [4.69, 9.17) is 4.74 Å². The number of nitrogens with zero attached hydrogens (tertiary/aromatic N) is 5. The second-order valence-corrected chi connectivity index (χ2v) is 5.35. The Morgan fingerprint density at radius 2 is 2.18 bits per heavy atom. The van der Waals surface area contributed by atoms with Gasteiger partial charge in [0.25, 0.3) is 0 Å². The number of hydrogen-bond donors (Lipinski definition) is 1. The summed E-state index contributed by atoms with van der Waals surface area (Å²) in [7, 11) is 3.43. The zero-order chi connectivity index (χ0) is 16.1. The molecule has 0 aromatic carbocycles. The predicted octanol–water partition coefficient (Wildman–Crippen LogP) is 0.963. The summed E-state index contributed by atoms with van der Waals surface area (Å²) in [6, 6.07) is 1.75. The Hall–Kier alpha value is -2.22. The minimum Gasteiger partial charge on any atom is -0.383 e. The van der Waals surface area contributed by atoms with E-state index in [1.807, 2.05) is 13.8 Å². The van der Waals surface area contributed by atoms with E-state index in [1.54, 1.807) is 35.8 Å². The lowest BCUT2D eigenvalue weighted by atomic mass is 10.2. The van der Waals surface area contributed by atoms with Crippen molar-refractivity contribution < 1.29 is 9.53 Å². The van der Waals surface area contributed by atoms with Crippen molar-refractivity contribution in [3.05, 3.63) is 23.9 Å². The first-order valence-corrected chi connectivity index (χ1v) is 7.21. The van der Waals surface area contributed by atoms with Crippen molar-refractivity contribution in [3.8, 4) is 0 Å². The molecule has 2 aromatic rings. The molecule has 0 aliphatic heterocycles. The number of amides is 1. The molecule has 2 heterocycles. The Labute approximate surface area is 129 Å². The van der Waals surface area contributed by atoms with Crippen molar-refractivity contribution in [1.29, 1.82) is 0 Å². The molecule has 0 aliphatic carbocycles. The number of nitrogens with one attached hydrogen (secondary N) is 1. The third kappa shape index (κ3) is 4.14. The van der Waals surface area contributed by atoms with E-state index in [0.717, 1.165) is 5.82 Å². The van der Waals surface area contributed by atoms with Gasteiger partial charge >= 0.3 is 0 Å². The van der Waals surface area contributed by atoms with E-state index in [2.05, 4.69) is 20.5 Å². The Balaban J connectivity index is 1.94. The maximum Gasteiger partial charge on any atom is 0.233 e. The Kier molecular flexibility index (Phi) is 5.26. The minimum atomic E-state index is -0.164. The molecule has 2 rings (SSSR count). The molecule has 0 radical (unpaired) electrons. The standard InChI is InChI=1S/C14H22N6O2/c1-10(2)14-16-12(19(3)18-14)9-13(21)15-11-5-6-20(17-11)7-8-22-4/h5-6,10H,7-9H2,1-4H3,(H,15,17,21). The van der Waals surface area contributed by atoms with Crippen molar-refractivity contribution in [1.82, 2.24) is 24.5 Å². The molecular weight excluding hydrogens is 284 g/mol. The van der Waals surface area contributed by atoms with Gasteiger partial charge in [-0.15, -0.1) is 0 Å². The van der Waals surface area contributed by atoms with Gasteiger partial charge in [0.2, 0.25) is 5.91 Å². The smallest absolute Gasteiger partial charge is 0.233 e. The van der Waals surface area contributed by atoms with Crippen LogP contribution in [0, 0.1) is 0 Å². The second kappa shape index (κ2) is 7.17. The fourth-order valence-electron chi connectivity index (χ4n) is 1.91. The maximum absolute atomic E-state index is 12.1. The lowest BCUT2D eigenvalue weighted by molar-refractivity contribution is -0.115. The third-order valence-corrected chi connectivity index (χ3v) is 3.14. The molecule has 0 saturated carbocycles. The van der Waals surface area contributed by atoms with Crippen LogP contribution < -0.4 is 5.32 Å². The van der Waals surface area contributed by atoms with Crippen LogP contribution in [0.2, 0.25) is 0 Å². The summed E-state index contributed by atoms with van der Waals surface area (Å²) in [5.41, 5.74) is 0. The Morgan fingerprint density at radius 1 is 1.41 bits per heavy atom. The monoisotopic (exact) mass is 306 g/mol. The molecule has 0 aliphatic rings. The summed E-state index contributed by atoms with van der Waals surface area (Å²) in [5, 5.41) is 11.3. The quantitative estimate of drug-likeness (QED) is 0.823. The zero-order valence-electron chi connectivity index (χ0n) is 13.4. The zero-order valence-corrected chi connectivity index (χ0v) is 13.4. The van der Waals surface area contributed by atoms with Gasteiger partial charge in [-0.1, -0.05) is 13.8 Å². The molecule has 0 bridgehead atoms. The number of methoxy groups -OCH3 is 1. The molecule has 0 fully saturated rings. The van der Waals surface area contributed by atoms with Gasteiger partial charge in [0.1, 0.15) is 5.82 Å². The van der Waals surface area contributed by atoms with Crippen LogP contribution in [0.25, 0.3) is 0 Å². The molecular formula is C14H22N6O2. The number of hydrogen-bond acceptors (Lipinski definition) is 5. The van der Waals surface area contributed by atoms with E-state index in [0.29, 0.717) is 24.8 Å². The molecule has 22 heavy (non-hydrogen) atoms. The molecule has 1 amide bonds. The highest BCUT2D eigenvalue weighted by molar-refractivity contribution is 5.90. The van der Waals surface area contributed by atoms with Crippen LogP contribution in [-0.2, 0) is 29.5 Å². The van der Waals surface area contributed by atoms with Gasteiger partial charge < -0.3 is 10.1 Å². The molecule has 0 spiro atoms. The predicted molar refractivity (Wildman–Crippen MR) is 81.5 cm³/mol. The average Bonchev–Trinajstić information content (AvgIpc) is 3.04. The second-order valence-electron chi connectivity index (χ2n) is 5.35. The van der Waals surface area contributed by atoms with E-state index < -0.39 is 0 Å². The lowest BCUT2D eigenvalue weighted by Crippen LogP contribution is -2.17. The van der Waals surface area contributed by atoms with Gasteiger partial charge in [-0.2, -0.15) is 10.2 Å². The molecule has 8 nitrogen and oxygen atoms in total. The number of aryl methyl sites for hydroxylation is 1. The minimum absolute atomic E-state index is 0.164. The van der Waals surface area contributed by atoms with Crippen LogP contribution in [-0.4, -0.2) is 44.2 Å². The summed E-state index contributed by atoms with van der Waals surface area (Å²) in [4.78, 5) is 16.5. The van der Waals surface area contributed by atoms with Gasteiger partial charge in [0, 0.05) is 32.3 Å². The van der Waals surface area contributed by atoms with Gasteiger partial charge in [-0.05, 0) is 0 Å². The molecule has 120 valence electrons. The van der Waals surface area contributed by atoms with Gasteiger partial charge in [0.15, 0.2) is 11.6 Å². The topological polar surface area (TPSA) is 86.9 Å². The molecule has 0 saturated heterocycles. The first-order valence-electron chi connectivity index (χ1n) is 7.21. The van der Waals surface area contributed by atoms with E-state index in [1.165, 1.54) is 0 Å². The number of aromatic nitrogens is 5. The number of carbonyl (C=O) groups excluding carboxylic acids is 1. The summed E-state index contributed by atoms with van der Waals surface area (Å²) in [5.74, 6) is 1.98. The van der Waals surface area contributed by atoms with Crippen molar-refractivity contribution in [2.75, 3.05) is 19.0 Å². The fraction of sp³-hybridized carbons (Fsp3) is 0.571. The van der Waals surface area contributed by atoms with Gasteiger partial charge in [-0.3, -0.25) is 14.2 Å². The Bertz CT molecular complexity index is 631. The molecule has 1 N–H and O–H groups in total. The summed E-state index contributed by atoms with van der Waals surface area (Å²) < 4.78 is 8.35. The van der Waals surface area contributed by atoms with Crippen LogP contribution in [0.4, 0.5) is 5.82 Å². The van der Waals surface area contributed by atoms with Crippen LogP contribution in [0.1, 0.15) is 31.4 Å². The van der Waals surface area contributed by atoms with Crippen molar-refractivity contribution >= 4 is 11.7 Å². The first kappa shape index (κ1) is 16.2. The summed E-state index contributed by atoms with van der Waals surface area (Å²) in [6.07, 6.45) is 1.97.